The van der Waals surface area contributed by atoms with Gasteiger partial charge in [-0.1, -0.05) is 30.3 Å². The fourth-order valence-corrected chi connectivity index (χ4v) is 3.53. The highest BCUT2D eigenvalue weighted by Crippen LogP contribution is 2.39. The summed E-state index contributed by atoms with van der Waals surface area (Å²) in [7, 11) is 1.63. The molecule has 0 aliphatic carbocycles. The molecule has 1 aromatic heterocycles. The lowest BCUT2D eigenvalue weighted by Gasteiger charge is -2.26. The summed E-state index contributed by atoms with van der Waals surface area (Å²) in [5.41, 5.74) is 9.17. The van der Waals surface area contributed by atoms with Gasteiger partial charge in [-0.3, -0.25) is 4.98 Å². The van der Waals surface area contributed by atoms with E-state index in [4.69, 9.17) is 24.9 Å². The number of aromatic nitrogens is 1. The Morgan fingerprint density at radius 2 is 1.83 bits per heavy atom. The molecule has 6 heteroatoms. The monoisotopic (exact) mass is 389 g/mol. The molecule has 4 rings (SSSR count). The number of nitrogens with zero attached hydrogens (tertiary/aromatic N) is 2. The van der Waals surface area contributed by atoms with Crippen LogP contribution in [-0.2, 0) is 10.3 Å². The number of pyridine rings is 1. The zero-order valence-corrected chi connectivity index (χ0v) is 16.5. The number of nitrogens with two attached hydrogens (primary N) is 1. The van der Waals surface area contributed by atoms with Gasteiger partial charge in [0.25, 0.3) is 6.02 Å². The summed E-state index contributed by atoms with van der Waals surface area (Å²) in [6.07, 6.45) is 3.50. The van der Waals surface area contributed by atoms with Crippen LogP contribution in [0.15, 0.2) is 72.0 Å². The Morgan fingerprint density at radius 1 is 1.00 bits per heavy atom. The topological polar surface area (TPSA) is 79.0 Å². The third-order valence-corrected chi connectivity index (χ3v) is 5.00. The van der Waals surface area contributed by atoms with Crippen molar-refractivity contribution in [3.63, 3.8) is 0 Å². The van der Waals surface area contributed by atoms with Crippen molar-refractivity contribution in [2.45, 2.75) is 12.5 Å². The molecule has 0 bridgehead atoms. The smallest absolute Gasteiger partial charge is 0.283 e. The molecule has 148 valence electrons. The Balaban J connectivity index is 1.78. The molecule has 1 aliphatic rings. The number of rotatable bonds is 6. The molecule has 1 aliphatic heterocycles. The molecule has 2 aromatic carbocycles. The van der Waals surface area contributed by atoms with Gasteiger partial charge in [-0.15, -0.1) is 0 Å². The predicted molar refractivity (Wildman–Crippen MR) is 112 cm³/mol. The van der Waals surface area contributed by atoms with E-state index >= 15 is 0 Å². The molecule has 1 atom stereocenters. The SMILES string of the molecule is CCOc1ccc([C@]2(c3cccc(-c4cncc(OC)c4)c3)COC(N)=N2)cc1. The normalized spacial score (nSPS) is 18.1. The number of benzene rings is 2. The number of hydrogen-bond donors (Lipinski definition) is 1. The molecule has 0 spiro atoms. The average molecular weight is 389 g/mol. The second-order valence-corrected chi connectivity index (χ2v) is 6.75. The van der Waals surface area contributed by atoms with E-state index in [0.717, 1.165) is 28.0 Å². The first kappa shape index (κ1) is 18.8. The van der Waals surface area contributed by atoms with Crippen molar-refractivity contribution in [3.05, 3.63) is 78.1 Å². The molecule has 0 amide bonds. The van der Waals surface area contributed by atoms with Crippen molar-refractivity contribution >= 4 is 6.02 Å². The molecule has 0 fully saturated rings. The number of hydrogen-bond acceptors (Lipinski definition) is 6. The lowest BCUT2D eigenvalue weighted by molar-refractivity contribution is 0.278. The summed E-state index contributed by atoms with van der Waals surface area (Å²) in [5.74, 6) is 1.53. The second kappa shape index (κ2) is 7.83. The van der Waals surface area contributed by atoms with Crippen molar-refractivity contribution in [2.75, 3.05) is 20.3 Å². The Bertz CT molecular complexity index is 1030. The van der Waals surface area contributed by atoms with Crippen molar-refractivity contribution in [1.82, 2.24) is 4.98 Å². The van der Waals surface area contributed by atoms with Gasteiger partial charge in [0.1, 0.15) is 18.1 Å². The van der Waals surface area contributed by atoms with Gasteiger partial charge < -0.3 is 19.9 Å². The van der Waals surface area contributed by atoms with Gasteiger partial charge in [0, 0.05) is 11.8 Å². The van der Waals surface area contributed by atoms with Crippen LogP contribution in [0.1, 0.15) is 18.1 Å². The Morgan fingerprint density at radius 3 is 2.52 bits per heavy atom. The van der Waals surface area contributed by atoms with Crippen LogP contribution in [0.5, 0.6) is 11.5 Å². The van der Waals surface area contributed by atoms with Crippen molar-refractivity contribution < 1.29 is 14.2 Å². The maximum Gasteiger partial charge on any atom is 0.283 e. The molecule has 2 N–H and O–H groups in total. The van der Waals surface area contributed by atoms with Crippen LogP contribution in [0.25, 0.3) is 11.1 Å². The lowest BCUT2D eigenvalue weighted by atomic mass is 9.83. The predicted octanol–water partition coefficient (Wildman–Crippen LogP) is 3.74. The van der Waals surface area contributed by atoms with E-state index in [1.54, 1.807) is 13.3 Å². The summed E-state index contributed by atoms with van der Waals surface area (Å²) in [5, 5.41) is 0. The van der Waals surface area contributed by atoms with Crippen LogP contribution >= 0.6 is 0 Å². The first-order valence-electron chi connectivity index (χ1n) is 9.46. The number of aliphatic imine (C=N–C) groups is 1. The van der Waals surface area contributed by atoms with Crippen LogP contribution in [0, 0.1) is 0 Å². The minimum absolute atomic E-state index is 0.187. The molecule has 0 radical (unpaired) electrons. The van der Waals surface area contributed by atoms with Crippen molar-refractivity contribution in [3.8, 4) is 22.6 Å². The van der Waals surface area contributed by atoms with Gasteiger partial charge in [0.05, 0.1) is 19.9 Å². The summed E-state index contributed by atoms with van der Waals surface area (Å²) in [6, 6.07) is 18.2. The van der Waals surface area contributed by atoms with E-state index in [1.807, 2.05) is 61.7 Å². The maximum atomic E-state index is 5.93. The zero-order valence-electron chi connectivity index (χ0n) is 16.5. The fraction of sp³-hybridized carbons (Fsp3) is 0.217. The van der Waals surface area contributed by atoms with Gasteiger partial charge >= 0.3 is 0 Å². The Hall–Kier alpha value is -3.54. The highest BCUT2D eigenvalue weighted by molar-refractivity contribution is 5.76. The minimum Gasteiger partial charge on any atom is -0.495 e. The third-order valence-electron chi connectivity index (χ3n) is 5.00. The van der Waals surface area contributed by atoms with Gasteiger partial charge in [0.2, 0.25) is 0 Å². The van der Waals surface area contributed by atoms with Crippen LogP contribution in [0.2, 0.25) is 0 Å². The van der Waals surface area contributed by atoms with Crippen LogP contribution in [-0.4, -0.2) is 31.3 Å². The van der Waals surface area contributed by atoms with Crippen LogP contribution in [0.4, 0.5) is 0 Å². The molecular formula is C23H23N3O3. The van der Waals surface area contributed by atoms with Gasteiger partial charge in [-0.2, -0.15) is 0 Å². The van der Waals surface area contributed by atoms with Gasteiger partial charge in [0.15, 0.2) is 5.54 Å². The molecule has 0 saturated carbocycles. The molecule has 29 heavy (non-hydrogen) atoms. The minimum atomic E-state index is -0.711. The second-order valence-electron chi connectivity index (χ2n) is 6.75. The van der Waals surface area contributed by atoms with E-state index in [-0.39, 0.29) is 6.02 Å². The maximum absolute atomic E-state index is 5.93. The summed E-state index contributed by atoms with van der Waals surface area (Å²) < 4.78 is 16.5. The fourth-order valence-electron chi connectivity index (χ4n) is 3.53. The van der Waals surface area contributed by atoms with E-state index in [0.29, 0.717) is 19.0 Å². The number of methoxy groups -OCH3 is 1. The number of ether oxygens (including phenoxy) is 3. The molecule has 6 nitrogen and oxygen atoms in total. The van der Waals surface area contributed by atoms with Gasteiger partial charge in [-0.05, 0) is 47.9 Å². The summed E-state index contributed by atoms with van der Waals surface area (Å²) in [4.78, 5) is 8.96. The Labute approximate surface area is 170 Å². The number of amidine groups is 1. The first-order valence-corrected chi connectivity index (χ1v) is 9.46. The van der Waals surface area contributed by atoms with Crippen LogP contribution in [0.3, 0.4) is 0 Å². The summed E-state index contributed by atoms with van der Waals surface area (Å²) in [6.45, 7) is 2.92. The quantitative estimate of drug-likeness (QED) is 0.695. The Kier molecular flexibility index (Phi) is 5.08. The average Bonchev–Trinajstić information content (AvgIpc) is 3.17. The van der Waals surface area contributed by atoms with Crippen molar-refractivity contribution in [2.24, 2.45) is 10.7 Å². The zero-order chi connectivity index (χ0) is 20.3. The third kappa shape index (κ3) is 3.61. The van der Waals surface area contributed by atoms with E-state index in [2.05, 4.69) is 11.1 Å². The van der Waals surface area contributed by atoms with Gasteiger partial charge in [-0.25, -0.2) is 4.99 Å². The van der Waals surface area contributed by atoms with E-state index < -0.39 is 5.54 Å². The first-order chi connectivity index (χ1) is 14.1. The molecule has 2 heterocycles. The largest absolute Gasteiger partial charge is 0.495 e. The molecule has 3 aromatic rings. The van der Waals surface area contributed by atoms with E-state index in [9.17, 15) is 0 Å². The van der Waals surface area contributed by atoms with E-state index in [1.165, 1.54) is 0 Å². The highest BCUT2D eigenvalue weighted by atomic mass is 16.5. The lowest BCUT2D eigenvalue weighted by Crippen LogP contribution is -2.27. The molecular weight excluding hydrogens is 366 g/mol. The molecule has 0 unspecified atom stereocenters. The molecule has 0 saturated heterocycles. The van der Waals surface area contributed by atoms with Crippen LogP contribution < -0.4 is 15.2 Å². The summed E-state index contributed by atoms with van der Waals surface area (Å²) >= 11 is 0. The standard InChI is InChI=1S/C23H23N3O3/c1-3-28-20-9-7-18(8-10-20)23(15-29-22(24)26-23)19-6-4-5-16(11-19)17-12-21(27-2)14-25-13-17/h4-14H,3,15H2,1-2H3,(H2,24,26)/t23-/m0/s1. The van der Waals surface area contributed by atoms with Crippen molar-refractivity contribution in [1.29, 1.82) is 0 Å². The highest BCUT2D eigenvalue weighted by Gasteiger charge is 2.40.